The summed E-state index contributed by atoms with van der Waals surface area (Å²) in [5.74, 6) is -6.27. The number of hydrogen-bond acceptors (Lipinski definition) is 3. The molecule has 9 heteroatoms. The summed E-state index contributed by atoms with van der Waals surface area (Å²) in [6, 6.07) is 0. The quantitative estimate of drug-likeness (QED) is 0.309. The molecule has 0 N–H and O–H groups in total. The fourth-order valence-electron chi connectivity index (χ4n) is 1.79. The van der Waals surface area contributed by atoms with Crippen molar-refractivity contribution >= 4 is 29.9 Å². The zero-order chi connectivity index (χ0) is 16.2. The summed E-state index contributed by atoms with van der Waals surface area (Å²) in [5, 5.41) is -0.953. The van der Waals surface area contributed by atoms with Crippen LogP contribution in [0.3, 0.4) is 0 Å². The zero-order valence-corrected chi connectivity index (χ0v) is 14.3. The predicted molar refractivity (Wildman–Crippen MR) is 74.2 cm³/mol. The molecule has 1 rings (SSSR count). The Bertz CT molecular complexity index is 470. The largest absolute Gasteiger partial charge is 0.543 e. The summed E-state index contributed by atoms with van der Waals surface area (Å²) in [4.78, 5) is 0. The maximum atomic E-state index is 14.2. The summed E-state index contributed by atoms with van der Waals surface area (Å²) in [6.07, 6.45) is 0. The van der Waals surface area contributed by atoms with Gasteiger partial charge < -0.3 is 13.3 Å². The molecule has 0 saturated carbocycles. The minimum atomic E-state index is -4.10. The van der Waals surface area contributed by atoms with E-state index in [2.05, 4.69) is 15.9 Å². The highest BCUT2D eigenvalue weighted by atomic mass is 79.9. The van der Waals surface area contributed by atoms with Gasteiger partial charge in [0.05, 0.1) is 9.66 Å². The minimum absolute atomic E-state index is 0.00437. The average Bonchev–Trinajstić information content (AvgIpc) is 2.44. The fraction of sp³-hybridized carbons (Fsp3) is 0.500. The first-order chi connectivity index (χ1) is 9.86. The lowest BCUT2D eigenvalue weighted by atomic mass is 10.3. The number of hydrogen-bond donors (Lipinski definition) is 0. The first kappa shape index (κ1) is 18.6. The molecule has 0 amide bonds. The van der Waals surface area contributed by atoms with E-state index in [1.165, 1.54) is 0 Å². The van der Waals surface area contributed by atoms with Crippen LogP contribution in [0.2, 0.25) is 0 Å². The number of halogens is 5. The highest BCUT2D eigenvalue weighted by Crippen LogP contribution is 2.26. The molecule has 0 spiro atoms. The van der Waals surface area contributed by atoms with Crippen LogP contribution in [0.25, 0.3) is 0 Å². The van der Waals surface area contributed by atoms with Crippen LogP contribution in [0.4, 0.5) is 17.6 Å². The van der Waals surface area contributed by atoms with Crippen LogP contribution in [0, 0.1) is 23.3 Å². The van der Waals surface area contributed by atoms with Crippen molar-refractivity contribution in [2.45, 2.75) is 20.8 Å². The molecule has 0 radical (unpaired) electrons. The molecule has 0 fully saturated rings. The molecule has 0 heterocycles. The van der Waals surface area contributed by atoms with Gasteiger partial charge in [0.15, 0.2) is 23.3 Å². The third-order valence-corrected chi connectivity index (χ3v) is 6.27. The molecule has 0 aliphatic rings. The summed E-state index contributed by atoms with van der Waals surface area (Å²) in [6.45, 7) is 4.68. The molecule has 1 aromatic rings. The predicted octanol–water partition coefficient (Wildman–Crippen LogP) is 3.26. The molecular formula is C12H15BrF4O3Si. The van der Waals surface area contributed by atoms with Crippen LogP contribution >= 0.6 is 15.9 Å². The number of benzene rings is 1. The molecule has 3 nitrogen and oxygen atoms in total. The second-order valence-electron chi connectivity index (χ2n) is 3.80. The molecule has 1 aromatic carbocycles. The summed E-state index contributed by atoms with van der Waals surface area (Å²) >= 11 is 2.46. The minimum Gasteiger partial charge on any atom is -0.370 e. The van der Waals surface area contributed by atoms with Gasteiger partial charge in [0.1, 0.15) is 0 Å². The molecular weight excluding hydrogens is 376 g/mol. The molecule has 0 aromatic heterocycles. The van der Waals surface area contributed by atoms with E-state index in [9.17, 15) is 17.6 Å². The topological polar surface area (TPSA) is 27.7 Å². The van der Waals surface area contributed by atoms with Crippen molar-refractivity contribution in [1.29, 1.82) is 0 Å². The lowest BCUT2D eigenvalue weighted by Gasteiger charge is -2.29. The maximum absolute atomic E-state index is 14.2. The van der Waals surface area contributed by atoms with Crippen molar-refractivity contribution in [3.05, 3.63) is 27.7 Å². The lowest BCUT2D eigenvalue weighted by molar-refractivity contribution is 0.0839. The van der Waals surface area contributed by atoms with Crippen LogP contribution < -0.4 is 5.19 Å². The molecule has 0 aliphatic carbocycles. The SMILES string of the molecule is CCO[Si](OCC)(OCC)c1c(F)c(F)c(Br)c(F)c1F. The standard InChI is InChI=1S/C12H15BrF4O3Si/c1-4-18-21(19-5-2,20-6-3)12-10(16)8(14)7(13)9(15)11(12)17/h4-6H2,1-3H3. The normalized spacial score (nSPS) is 12.0. The Labute approximate surface area is 129 Å². The van der Waals surface area contributed by atoms with Crippen molar-refractivity contribution < 1.29 is 30.8 Å². The van der Waals surface area contributed by atoms with Gasteiger partial charge in [-0.2, -0.15) is 0 Å². The van der Waals surface area contributed by atoms with E-state index < -0.39 is 41.7 Å². The van der Waals surface area contributed by atoms with Crippen molar-refractivity contribution in [3.63, 3.8) is 0 Å². The van der Waals surface area contributed by atoms with Gasteiger partial charge in [0.2, 0.25) is 0 Å². The summed E-state index contributed by atoms with van der Waals surface area (Å²) in [5.41, 5.74) is 0. The van der Waals surface area contributed by atoms with E-state index in [0.717, 1.165) is 0 Å². The van der Waals surface area contributed by atoms with E-state index in [1.54, 1.807) is 20.8 Å². The smallest absolute Gasteiger partial charge is 0.370 e. The van der Waals surface area contributed by atoms with Gasteiger partial charge in [-0.3, -0.25) is 0 Å². The molecule has 0 bridgehead atoms. The second-order valence-corrected chi connectivity index (χ2v) is 7.07. The van der Waals surface area contributed by atoms with E-state index in [4.69, 9.17) is 13.3 Å². The third-order valence-electron chi connectivity index (χ3n) is 2.52. The molecule has 0 atom stereocenters. The van der Waals surface area contributed by atoms with E-state index in [0.29, 0.717) is 0 Å². The van der Waals surface area contributed by atoms with E-state index in [-0.39, 0.29) is 19.8 Å². The highest BCUT2D eigenvalue weighted by molar-refractivity contribution is 9.10. The Morgan fingerprint density at radius 3 is 1.38 bits per heavy atom. The van der Waals surface area contributed by atoms with Crippen molar-refractivity contribution in [2.24, 2.45) is 0 Å². The fourth-order valence-corrected chi connectivity index (χ4v) is 4.71. The average molecular weight is 391 g/mol. The van der Waals surface area contributed by atoms with Crippen LogP contribution in [-0.4, -0.2) is 28.6 Å². The second kappa shape index (κ2) is 7.68. The summed E-state index contributed by atoms with van der Waals surface area (Å²) < 4.78 is 70.6. The Morgan fingerprint density at radius 1 is 0.762 bits per heavy atom. The molecule has 0 aliphatic heterocycles. The van der Waals surface area contributed by atoms with Gasteiger partial charge in [-0.05, 0) is 36.7 Å². The Hall–Kier alpha value is -0.483. The molecule has 120 valence electrons. The van der Waals surface area contributed by atoms with Gasteiger partial charge in [-0.25, -0.2) is 17.6 Å². The first-order valence-corrected chi connectivity index (χ1v) is 8.81. The van der Waals surface area contributed by atoms with Crippen molar-refractivity contribution in [2.75, 3.05) is 19.8 Å². The van der Waals surface area contributed by atoms with Crippen LogP contribution in [0.15, 0.2) is 4.47 Å². The van der Waals surface area contributed by atoms with Gasteiger partial charge in [-0.1, -0.05) is 0 Å². The maximum Gasteiger partial charge on any atom is 0.543 e. The molecule has 0 unspecified atom stereocenters. The monoisotopic (exact) mass is 390 g/mol. The van der Waals surface area contributed by atoms with Crippen LogP contribution in [-0.2, 0) is 13.3 Å². The Balaban J connectivity index is 3.64. The van der Waals surface area contributed by atoms with Gasteiger partial charge in [0, 0.05) is 19.8 Å². The van der Waals surface area contributed by atoms with Crippen molar-refractivity contribution in [1.82, 2.24) is 0 Å². The van der Waals surface area contributed by atoms with Crippen LogP contribution in [0.5, 0.6) is 0 Å². The highest BCUT2D eigenvalue weighted by Gasteiger charge is 2.50. The lowest BCUT2D eigenvalue weighted by Crippen LogP contribution is -2.60. The van der Waals surface area contributed by atoms with Gasteiger partial charge in [-0.15, -0.1) is 0 Å². The van der Waals surface area contributed by atoms with E-state index >= 15 is 0 Å². The number of rotatable bonds is 7. The van der Waals surface area contributed by atoms with E-state index in [1.807, 2.05) is 0 Å². The Kier molecular flexibility index (Phi) is 6.79. The van der Waals surface area contributed by atoms with Gasteiger partial charge in [0.25, 0.3) is 0 Å². The Morgan fingerprint density at radius 2 is 1.10 bits per heavy atom. The molecule has 0 saturated heterocycles. The van der Waals surface area contributed by atoms with Crippen molar-refractivity contribution in [3.8, 4) is 0 Å². The van der Waals surface area contributed by atoms with Crippen LogP contribution in [0.1, 0.15) is 20.8 Å². The zero-order valence-electron chi connectivity index (χ0n) is 11.7. The third kappa shape index (κ3) is 3.47. The molecule has 21 heavy (non-hydrogen) atoms. The first-order valence-electron chi connectivity index (χ1n) is 6.29. The van der Waals surface area contributed by atoms with Gasteiger partial charge >= 0.3 is 8.80 Å². The summed E-state index contributed by atoms with van der Waals surface area (Å²) in [7, 11) is -4.10.